The molecule has 1 heterocycles. The first-order valence-corrected chi connectivity index (χ1v) is 20.2. The zero-order valence-corrected chi connectivity index (χ0v) is 32.3. The molecule has 0 aliphatic heterocycles. The van der Waals surface area contributed by atoms with E-state index < -0.39 is 5.41 Å². The predicted molar refractivity (Wildman–Crippen MR) is 244 cm³/mol. The molecule has 10 aromatic rings. The molecule has 1 aliphatic carbocycles. The van der Waals surface area contributed by atoms with Crippen LogP contribution in [0.3, 0.4) is 0 Å². The van der Waals surface area contributed by atoms with Crippen LogP contribution in [0.15, 0.2) is 231 Å². The highest BCUT2D eigenvalue weighted by atomic mass is 14.9. The Morgan fingerprint density at radius 3 is 1.41 bits per heavy atom. The van der Waals surface area contributed by atoms with E-state index in [4.69, 9.17) is 9.97 Å². The third-order valence-electron chi connectivity index (χ3n) is 11.9. The maximum absolute atomic E-state index is 5.50. The van der Waals surface area contributed by atoms with Gasteiger partial charge in [-0.25, -0.2) is 9.97 Å². The van der Waals surface area contributed by atoms with Gasteiger partial charge in [0.1, 0.15) is 0 Å². The summed E-state index contributed by atoms with van der Waals surface area (Å²) in [6, 6.07) is 83.0. The van der Waals surface area contributed by atoms with E-state index >= 15 is 0 Å². The zero-order chi connectivity index (χ0) is 39.2. The summed E-state index contributed by atoms with van der Waals surface area (Å²) in [5.41, 5.74) is 16.3. The second-order valence-electron chi connectivity index (χ2n) is 15.3. The molecule has 0 amide bonds. The SMILES string of the molecule is c1ccc(-c2cc(-c3ccccc3)cc(-c3cc(-c4cc5ccccc5c5c4-c4ccccc4C5(c4ccccc4)c4ccccc4)nc(-c4ccccc4)n3)c2)cc1. The second kappa shape index (κ2) is 14.4. The summed E-state index contributed by atoms with van der Waals surface area (Å²) >= 11 is 0. The van der Waals surface area contributed by atoms with Crippen LogP contribution in [0.4, 0.5) is 0 Å². The first-order chi connectivity index (χ1) is 29.3. The van der Waals surface area contributed by atoms with Crippen molar-refractivity contribution < 1.29 is 0 Å². The summed E-state index contributed by atoms with van der Waals surface area (Å²) in [5.74, 6) is 0.690. The summed E-state index contributed by atoms with van der Waals surface area (Å²) in [7, 11) is 0. The predicted octanol–water partition coefficient (Wildman–Crippen LogP) is 14.3. The maximum atomic E-state index is 5.50. The molecule has 0 spiro atoms. The second-order valence-corrected chi connectivity index (χ2v) is 15.3. The molecule has 59 heavy (non-hydrogen) atoms. The van der Waals surface area contributed by atoms with Gasteiger partial charge in [0.2, 0.25) is 0 Å². The van der Waals surface area contributed by atoms with Crippen LogP contribution in [0.25, 0.3) is 78.1 Å². The van der Waals surface area contributed by atoms with E-state index in [2.05, 4.69) is 224 Å². The Hall–Kier alpha value is -7.68. The van der Waals surface area contributed by atoms with E-state index in [9.17, 15) is 0 Å². The molecule has 9 aromatic carbocycles. The lowest BCUT2D eigenvalue weighted by Crippen LogP contribution is -2.28. The average Bonchev–Trinajstić information content (AvgIpc) is 3.65. The van der Waals surface area contributed by atoms with Crippen molar-refractivity contribution in [2.75, 3.05) is 0 Å². The minimum atomic E-state index is -0.573. The molecule has 11 rings (SSSR count). The van der Waals surface area contributed by atoms with Crippen molar-refractivity contribution >= 4 is 10.8 Å². The van der Waals surface area contributed by atoms with Gasteiger partial charge in [-0.3, -0.25) is 0 Å². The smallest absolute Gasteiger partial charge is 0.160 e. The first kappa shape index (κ1) is 34.6. The van der Waals surface area contributed by atoms with Gasteiger partial charge in [0.15, 0.2) is 5.82 Å². The number of rotatable bonds is 7. The Morgan fingerprint density at radius 2 is 0.797 bits per heavy atom. The number of nitrogens with zero attached hydrogens (tertiary/aromatic N) is 2. The summed E-state index contributed by atoms with van der Waals surface area (Å²) in [6.07, 6.45) is 0. The van der Waals surface area contributed by atoms with Gasteiger partial charge < -0.3 is 0 Å². The monoisotopic (exact) mass is 750 g/mol. The normalized spacial score (nSPS) is 12.5. The van der Waals surface area contributed by atoms with Crippen molar-refractivity contribution in [2.45, 2.75) is 5.41 Å². The largest absolute Gasteiger partial charge is 0.228 e. The Balaban J connectivity index is 1.24. The molecule has 0 bridgehead atoms. The summed E-state index contributed by atoms with van der Waals surface area (Å²) < 4.78 is 0. The molecule has 1 aliphatic rings. The van der Waals surface area contributed by atoms with Crippen molar-refractivity contribution in [3.8, 4) is 67.3 Å². The van der Waals surface area contributed by atoms with Crippen LogP contribution >= 0.6 is 0 Å². The Kier molecular flexibility index (Phi) is 8.41. The van der Waals surface area contributed by atoms with Crippen molar-refractivity contribution in [2.24, 2.45) is 0 Å². The van der Waals surface area contributed by atoms with Gasteiger partial charge in [-0.1, -0.05) is 200 Å². The minimum Gasteiger partial charge on any atom is -0.228 e. The van der Waals surface area contributed by atoms with Crippen LogP contribution in [0.2, 0.25) is 0 Å². The molecule has 276 valence electrons. The van der Waals surface area contributed by atoms with Crippen LogP contribution < -0.4 is 0 Å². The van der Waals surface area contributed by atoms with Crippen molar-refractivity contribution in [1.82, 2.24) is 9.97 Å². The lowest BCUT2D eigenvalue weighted by Gasteiger charge is -2.34. The minimum absolute atomic E-state index is 0.573. The fourth-order valence-corrected chi connectivity index (χ4v) is 9.34. The standard InChI is InChI=1S/C57H38N2/c1-6-20-39(21-7-1)43-34-44(40-22-8-2-9-23-40)36-45(35-43)52-38-53(59-56(58-52)41-24-10-3-11-25-41)50-37-42-26-16-17-31-48(42)55-54(50)49-32-18-19-33-51(49)57(55,46-27-12-4-13-28-46)47-29-14-5-15-30-47/h1-38H. The maximum Gasteiger partial charge on any atom is 0.160 e. The molecule has 0 unspecified atom stereocenters. The fraction of sp³-hybridized carbons (Fsp3) is 0.0175. The Bertz CT molecular complexity index is 3030. The average molecular weight is 751 g/mol. The molecule has 1 aromatic heterocycles. The van der Waals surface area contributed by atoms with Crippen LogP contribution in [-0.2, 0) is 5.41 Å². The lowest BCUT2D eigenvalue weighted by atomic mass is 9.66. The molecule has 2 nitrogen and oxygen atoms in total. The first-order valence-electron chi connectivity index (χ1n) is 20.2. The van der Waals surface area contributed by atoms with Crippen LogP contribution in [0.5, 0.6) is 0 Å². The van der Waals surface area contributed by atoms with Gasteiger partial charge in [-0.05, 0) is 96.7 Å². The van der Waals surface area contributed by atoms with Crippen molar-refractivity contribution in [3.63, 3.8) is 0 Å². The topological polar surface area (TPSA) is 25.8 Å². The van der Waals surface area contributed by atoms with Gasteiger partial charge in [-0.15, -0.1) is 0 Å². The molecule has 0 N–H and O–H groups in total. The third-order valence-corrected chi connectivity index (χ3v) is 11.9. The van der Waals surface area contributed by atoms with Gasteiger partial charge in [-0.2, -0.15) is 0 Å². The lowest BCUT2D eigenvalue weighted by molar-refractivity contribution is 0.775. The van der Waals surface area contributed by atoms with Crippen molar-refractivity contribution in [1.29, 1.82) is 0 Å². The molecular weight excluding hydrogens is 713 g/mol. The Morgan fingerprint density at radius 1 is 0.322 bits per heavy atom. The summed E-state index contributed by atoms with van der Waals surface area (Å²) in [5, 5.41) is 2.40. The number of benzene rings is 9. The fourth-order valence-electron chi connectivity index (χ4n) is 9.34. The highest BCUT2D eigenvalue weighted by molar-refractivity contribution is 6.06. The van der Waals surface area contributed by atoms with Crippen LogP contribution in [0, 0.1) is 0 Å². The Labute approximate surface area is 344 Å². The number of fused-ring (bicyclic) bond motifs is 5. The highest BCUT2D eigenvalue weighted by Crippen LogP contribution is 2.60. The van der Waals surface area contributed by atoms with Crippen molar-refractivity contribution in [3.05, 3.63) is 253 Å². The molecule has 0 fully saturated rings. The van der Waals surface area contributed by atoms with Crippen LogP contribution in [0.1, 0.15) is 22.3 Å². The number of aromatic nitrogens is 2. The molecule has 0 atom stereocenters. The molecule has 0 radical (unpaired) electrons. The number of hydrogen-bond donors (Lipinski definition) is 0. The molecule has 0 saturated heterocycles. The third kappa shape index (κ3) is 5.80. The molecule has 0 saturated carbocycles. The van der Waals surface area contributed by atoms with Gasteiger partial charge in [0.25, 0.3) is 0 Å². The highest BCUT2D eigenvalue weighted by Gasteiger charge is 2.48. The number of hydrogen-bond acceptors (Lipinski definition) is 2. The van der Waals surface area contributed by atoms with E-state index in [1.165, 1.54) is 44.2 Å². The quantitative estimate of drug-likeness (QED) is 0.162. The van der Waals surface area contributed by atoms with Crippen LogP contribution in [-0.4, -0.2) is 9.97 Å². The van der Waals surface area contributed by atoms with E-state index in [0.29, 0.717) is 5.82 Å². The van der Waals surface area contributed by atoms with Gasteiger partial charge in [0, 0.05) is 16.7 Å². The van der Waals surface area contributed by atoms with E-state index in [0.717, 1.165) is 50.3 Å². The van der Waals surface area contributed by atoms with E-state index in [1.807, 2.05) is 6.07 Å². The summed E-state index contributed by atoms with van der Waals surface area (Å²) in [6.45, 7) is 0. The van der Waals surface area contributed by atoms with Gasteiger partial charge in [0.05, 0.1) is 16.8 Å². The zero-order valence-electron chi connectivity index (χ0n) is 32.3. The van der Waals surface area contributed by atoms with Gasteiger partial charge >= 0.3 is 0 Å². The van der Waals surface area contributed by atoms with E-state index in [-0.39, 0.29) is 0 Å². The summed E-state index contributed by atoms with van der Waals surface area (Å²) in [4.78, 5) is 10.9. The molecular formula is C57H38N2. The molecule has 2 heteroatoms. The van der Waals surface area contributed by atoms with E-state index in [1.54, 1.807) is 0 Å².